The number of fused-ring (bicyclic) bond motifs is 1. The average molecular weight is 369 g/mol. The molecule has 0 fully saturated rings. The van der Waals surface area contributed by atoms with Crippen molar-refractivity contribution in [2.45, 2.75) is 13.8 Å². The van der Waals surface area contributed by atoms with Gasteiger partial charge in [-0.15, -0.1) is 10.2 Å². The number of carbonyl (C=O) groups excluding carboxylic acids is 1. The topological polar surface area (TPSA) is 79.8 Å². The molecule has 2 N–H and O–H groups in total. The molecule has 2 heterocycles. The van der Waals surface area contributed by atoms with Crippen molar-refractivity contribution in [3.05, 3.63) is 83.7 Å². The molecule has 6 nitrogen and oxygen atoms in total. The first-order valence-electron chi connectivity index (χ1n) is 8.94. The highest BCUT2D eigenvalue weighted by molar-refractivity contribution is 6.03. The zero-order chi connectivity index (χ0) is 19.5. The first kappa shape index (κ1) is 17.6. The summed E-state index contributed by atoms with van der Waals surface area (Å²) in [4.78, 5) is 16.9. The van der Waals surface area contributed by atoms with Crippen molar-refractivity contribution in [2.24, 2.45) is 0 Å². The van der Waals surface area contributed by atoms with E-state index in [1.54, 1.807) is 18.3 Å². The van der Waals surface area contributed by atoms with Crippen molar-refractivity contribution in [3.63, 3.8) is 0 Å². The van der Waals surface area contributed by atoms with Crippen molar-refractivity contribution in [3.8, 4) is 0 Å². The first-order valence-corrected chi connectivity index (χ1v) is 8.94. The van der Waals surface area contributed by atoms with Gasteiger partial charge in [-0.2, -0.15) is 0 Å². The molecule has 4 aromatic rings. The van der Waals surface area contributed by atoms with Crippen LogP contribution in [-0.4, -0.2) is 21.1 Å². The van der Waals surface area contributed by atoms with E-state index in [2.05, 4.69) is 25.8 Å². The van der Waals surface area contributed by atoms with Gasteiger partial charge in [-0.25, -0.2) is 0 Å². The van der Waals surface area contributed by atoms with E-state index in [0.29, 0.717) is 5.82 Å². The molecular formula is C22H19N5O. The number of benzene rings is 2. The summed E-state index contributed by atoms with van der Waals surface area (Å²) in [7, 11) is 0. The van der Waals surface area contributed by atoms with Crippen LogP contribution in [0.25, 0.3) is 10.9 Å². The molecule has 2 aromatic carbocycles. The van der Waals surface area contributed by atoms with E-state index in [9.17, 15) is 4.79 Å². The van der Waals surface area contributed by atoms with Crippen LogP contribution >= 0.6 is 0 Å². The Kier molecular flexibility index (Phi) is 4.68. The molecule has 0 atom stereocenters. The number of hydrogen-bond acceptors (Lipinski definition) is 5. The zero-order valence-corrected chi connectivity index (χ0v) is 15.6. The third-order valence-corrected chi connectivity index (χ3v) is 4.65. The molecule has 0 saturated heterocycles. The van der Waals surface area contributed by atoms with Crippen LogP contribution in [-0.2, 0) is 0 Å². The van der Waals surface area contributed by atoms with Crippen LogP contribution in [0.3, 0.4) is 0 Å². The Morgan fingerprint density at radius 2 is 1.64 bits per heavy atom. The predicted molar refractivity (Wildman–Crippen MR) is 111 cm³/mol. The molecular weight excluding hydrogens is 350 g/mol. The molecule has 0 aliphatic carbocycles. The molecule has 0 radical (unpaired) electrons. The average Bonchev–Trinajstić information content (AvgIpc) is 2.72. The highest BCUT2D eigenvalue weighted by atomic mass is 16.1. The first-order chi connectivity index (χ1) is 13.6. The Balaban J connectivity index is 1.52. The van der Waals surface area contributed by atoms with Gasteiger partial charge < -0.3 is 10.6 Å². The predicted octanol–water partition coefficient (Wildman–Crippen LogP) is 4.64. The van der Waals surface area contributed by atoms with Crippen molar-refractivity contribution < 1.29 is 4.79 Å². The second kappa shape index (κ2) is 7.44. The monoisotopic (exact) mass is 369 g/mol. The number of nitrogens with one attached hydrogen (secondary N) is 2. The smallest absolute Gasteiger partial charge is 0.276 e. The molecule has 1 amide bonds. The minimum absolute atomic E-state index is 0.252. The summed E-state index contributed by atoms with van der Waals surface area (Å²) < 4.78 is 0. The molecule has 0 aliphatic heterocycles. The largest absolute Gasteiger partial charge is 0.337 e. The van der Waals surface area contributed by atoms with Gasteiger partial charge in [0.05, 0.1) is 11.2 Å². The standard InChI is InChI=1S/C22H19N5O/c1-14-6-3-9-17(15(14)2)25-22(28)19-11-12-20(27-26-19)24-18-10-4-7-16-8-5-13-23-21(16)18/h3-13H,1-2H3,(H,24,27)(H,25,28). The second-order valence-electron chi connectivity index (χ2n) is 6.51. The van der Waals surface area contributed by atoms with Crippen molar-refractivity contribution in [1.82, 2.24) is 15.2 Å². The van der Waals surface area contributed by atoms with E-state index < -0.39 is 0 Å². The molecule has 0 spiro atoms. The molecule has 0 aliphatic rings. The van der Waals surface area contributed by atoms with Crippen LogP contribution in [0.4, 0.5) is 17.2 Å². The van der Waals surface area contributed by atoms with Crippen LogP contribution in [0.15, 0.2) is 66.9 Å². The van der Waals surface area contributed by atoms with Crippen LogP contribution in [0.5, 0.6) is 0 Å². The maximum atomic E-state index is 12.5. The molecule has 0 unspecified atom stereocenters. The SMILES string of the molecule is Cc1cccc(NC(=O)c2ccc(Nc3cccc4cccnc34)nn2)c1C. The number of hydrogen-bond donors (Lipinski definition) is 2. The second-order valence-corrected chi connectivity index (χ2v) is 6.51. The van der Waals surface area contributed by atoms with Gasteiger partial charge in [0.15, 0.2) is 11.5 Å². The van der Waals surface area contributed by atoms with E-state index in [4.69, 9.17) is 0 Å². The Labute approximate surface area is 162 Å². The lowest BCUT2D eigenvalue weighted by atomic mass is 10.1. The summed E-state index contributed by atoms with van der Waals surface area (Å²) in [6, 6.07) is 18.9. The maximum Gasteiger partial charge on any atom is 0.276 e. The third kappa shape index (κ3) is 3.53. The number of aryl methyl sites for hydroxylation is 1. The van der Waals surface area contributed by atoms with E-state index in [-0.39, 0.29) is 11.6 Å². The lowest BCUT2D eigenvalue weighted by Crippen LogP contribution is -2.15. The number of carbonyl (C=O) groups is 1. The van der Waals surface area contributed by atoms with Crippen LogP contribution in [0.1, 0.15) is 21.6 Å². The summed E-state index contributed by atoms with van der Waals surface area (Å²) in [5.74, 6) is 0.251. The molecule has 4 rings (SSSR count). The van der Waals surface area contributed by atoms with Gasteiger partial charge in [0.25, 0.3) is 5.91 Å². The number of nitrogens with zero attached hydrogens (tertiary/aromatic N) is 3. The Morgan fingerprint density at radius 3 is 2.46 bits per heavy atom. The lowest BCUT2D eigenvalue weighted by Gasteiger charge is -2.10. The van der Waals surface area contributed by atoms with E-state index in [1.165, 1.54) is 0 Å². The summed E-state index contributed by atoms with van der Waals surface area (Å²) >= 11 is 0. The Morgan fingerprint density at radius 1 is 0.857 bits per heavy atom. The molecule has 138 valence electrons. The third-order valence-electron chi connectivity index (χ3n) is 4.65. The van der Waals surface area contributed by atoms with Gasteiger partial charge in [-0.05, 0) is 55.3 Å². The summed E-state index contributed by atoms with van der Waals surface area (Å²) in [5.41, 5.74) is 4.86. The molecule has 0 bridgehead atoms. The fraction of sp³-hybridized carbons (Fsp3) is 0.0909. The highest BCUT2D eigenvalue weighted by Gasteiger charge is 2.11. The van der Waals surface area contributed by atoms with Crippen molar-refractivity contribution >= 4 is 34.0 Å². The van der Waals surface area contributed by atoms with Crippen molar-refractivity contribution in [2.75, 3.05) is 10.6 Å². The summed E-state index contributed by atoms with van der Waals surface area (Å²) in [5, 5.41) is 15.3. The number of amides is 1. The minimum atomic E-state index is -0.292. The van der Waals surface area contributed by atoms with Gasteiger partial charge in [-0.1, -0.05) is 30.3 Å². The summed E-state index contributed by atoms with van der Waals surface area (Å²) in [6.07, 6.45) is 1.75. The normalized spacial score (nSPS) is 10.6. The molecule has 28 heavy (non-hydrogen) atoms. The summed E-state index contributed by atoms with van der Waals surface area (Å²) in [6.45, 7) is 3.98. The highest BCUT2D eigenvalue weighted by Crippen LogP contribution is 2.23. The molecule has 6 heteroatoms. The Hall–Kier alpha value is -3.80. The van der Waals surface area contributed by atoms with Gasteiger partial charge >= 0.3 is 0 Å². The fourth-order valence-electron chi connectivity index (χ4n) is 2.94. The van der Waals surface area contributed by atoms with Gasteiger partial charge in [0.2, 0.25) is 0 Å². The van der Waals surface area contributed by atoms with Gasteiger partial charge in [0.1, 0.15) is 0 Å². The molecule has 0 saturated carbocycles. The zero-order valence-electron chi connectivity index (χ0n) is 15.6. The van der Waals surface area contributed by atoms with E-state index in [1.807, 2.05) is 62.4 Å². The van der Waals surface area contributed by atoms with Crippen LogP contribution < -0.4 is 10.6 Å². The van der Waals surface area contributed by atoms with Crippen LogP contribution in [0.2, 0.25) is 0 Å². The number of aromatic nitrogens is 3. The number of anilines is 3. The minimum Gasteiger partial charge on any atom is -0.337 e. The number of para-hydroxylation sites is 1. The Bertz CT molecular complexity index is 1150. The van der Waals surface area contributed by atoms with Gasteiger partial charge in [0, 0.05) is 17.3 Å². The quantitative estimate of drug-likeness (QED) is 0.548. The number of rotatable bonds is 4. The van der Waals surface area contributed by atoms with E-state index >= 15 is 0 Å². The maximum absolute atomic E-state index is 12.5. The molecule has 2 aromatic heterocycles. The lowest BCUT2D eigenvalue weighted by molar-refractivity contribution is 0.102. The van der Waals surface area contributed by atoms with Crippen molar-refractivity contribution in [1.29, 1.82) is 0 Å². The van der Waals surface area contributed by atoms with Crippen LogP contribution in [0, 0.1) is 13.8 Å². The fourth-order valence-corrected chi connectivity index (χ4v) is 2.94. The van der Waals surface area contributed by atoms with E-state index in [0.717, 1.165) is 33.4 Å². The van der Waals surface area contributed by atoms with Gasteiger partial charge in [-0.3, -0.25) is 9.78 Å². The number of pyridine rings is 1.